The molecule has 8 aromatic rings. The van der Waals surface area contributed by atoms with Crippen LogP contribution in [0.5, 0.6) is 0 Å². The molecule has 0 saturated heterocycles. The molecule has 48 heavy (non-hydrogen) atoms. The van der Waals surface area contributed by atoms with Gasteiger partial charge in [0.05, 0.1) is 23.5 Å². The fourth-order valence-electron chi connectivity index (χ4n) is 6.58. The summed E-state index contributed by atoms with van der Waals surface area (Å²) in [6, 6.07) is 51.4. The summed E-state index contributed by atoms with van der Waals surface area (Å²) in [5.41, 5.74) is 8.89. The van der Waals surface area contributed by atoms with Gasteiger partial charge in [-0.05, 0) is 65.2 Å². The molecule has 8 rings (SSSR count). The summed E-state index contributed by atoms with van der Waals surface area (Å²) in [6.07, 6.45) is 6.01. The molecule has 3 heterocycles. The molecule has 0 N–H and O–H groups in total. The van der Waals surface area contributed by atoms with E-state index in [1.165, 1.54) is 12.1 Å². The molecule has 3 aromatic heterocycles. The molecule has 0 amide bonds. The van der Waals surface area contributed by atoms with Gasteiger partial charge in [0.15, 0.2) is 0 Å². The van der Waals surface area contributed by atoms with Crippen LogP contribution in [0.4, 0.5) is 4.39 Å². The van der Waals surface area contributed by atoms with E-state index in [4.69, 9.17) is 5.10 Å². The van der Waals surface area contributed by atoms with E-state index >= 15 is 0 Å². The second kappa shape index (κ2) is 12.0. The molecule has 0 aliphatic rings. The Morgan fingerprint density at radius 3 is 1.69 bits per heavy atom. The number of rotatable bonds is 7. The molecular formula is C42H28FN5. The third-order valence-electron chi connectivity index (χ3n) is 8.88. The van der Waals surface area contributed by atoms with Crippen LogP contribution in [0.1, 0.15) is 22.3 Å². The van der Waals surface area contributed by atoms with Crippen molar-refractivity contribution in [2.24, 2.45) is 0 Å². The summed E-state index contributed by atoms with van der Waals surface area (Å²) in [5, 5.41) is 14.7. The van der Waals surface area contributed by atoms with E-state index in [9.17, 15) is 9.65 Å². The predicted octanol–water partition coefficient (Wildman–Crippen LogP) is 9.38. The number of imidazole rings is 1. The van der Waals surface area contributed by atoms with Gasteiger partial charge < -0.3 is 0 Å². The van der Waals surface area contributed by atoms with Gasteiger partial charge in [0.2, 0.25) is 0 Å². The van der Waals surface area contributed by atoms with Crippen molar-refractivity contribution in [2.45, 2.75) is 5.54 Å². The Labute approximate surface area is 277 Å². The topological polar surface area (TPSA) is 58.9 Å². The van der Waals surface area contributed by atoms with E-state index in [1.807, 2.05) is 54.7 Å². The summed E-state index contributed by atoms with van der Waals surface area (Å²) in [6.45, 7) is 0. The first-order valence-corrected chi connectivity index (χ1v) is 15.7. The van der Waals surface area contributed by atoms with Crippen LogP contribution in [-0.4, -0.2) is 19.2 Å². The Morgan fingerprint density at radius 2 is 1.12 bits per heavy atom. The number of hydrogen-bond acceptors (Lipinski definition) is 3. The van der Waals surface area contributed by atoms with Crippen LogP contribution in [0, 0.1) is 17.1 Å². The normalized spacial score (nSPS) is 11.4. The largest absolute Gasteiger partial charge is 0.299 e. The molecule has 0 atom stereocenters. The van der Waals surface area contributed by atoms with Gasteiger partial charge >= 0.3 is 0 Å². The van der Waals surface area contributed by atoms with Crippen LogP contribution in [0.2, 0.25) is 0 Å². The lowest BCUT2D eigenvalue weighted by atomic mass is 9.77. The smallest absolute Gasteiger partial charge is 0.138 e. The van der Waals surface area contributed by atoms with Crippen molar-refractivity contribution < 1.29 is 4.39 Å². The second-order valence-corrected chi connectivity index (χ2v) is 11.6. The van der Waals surface area contributed by atoms with Crippen LogP contribution in [-0.2, 0) is 5.54 Å². The number of halogens is 1. The lowest BCUT2D eigenvalue weighted by molar-refractivity contribution is 0.461. The lowest BCUT2D eigenvalue weighted by Gasteiger charge is -2.36. The van der Waals surface area contributed by atoms with Gasteiger partial charge in [0.25, 0.3) is 0 Å². The average molecular weight is 622 g/mol. The van der Waals surface area contributed by atoms with Crippen molar-refractivity contribution in [1.82, 2.24) is 19.2 Å². The third kappa shape index (κ3) is 4.86. The molecule has 0 spiro atoms. The van der Waals surface area contributed by atoms with E-state index < -0.39 is 5.54 Å². The van der Waals surface area contributed by atoms with Crippen molar-refractivity contribution in [3.63, 3.8) is 0 Å². The number of nitrogens with zero attached hydrogens (tertiary/aromatic N) is 5. The summed E-state index contributed by atoms with van der Waals surface area (Å²) in [4.78, 5) is 4.66. The highest BCUT2D eigenvalue weighted by molar-refractivity contribution is 5.81. The van der Waals surface area contributed by atoms with Crippen molar-refractivity contribution in [3.05, 3.63) is 198 Å². The average Bonchev–Trinajstić information content (AvgIpc) is 3.79. The first-order valence-electron chi connectivity index (χ1n) is 15.7. The molecule has 5 aromatic carbocycles. The summed E-state index contributed by atoms with van der Waals surface area (Å²) >= 11 is 0. The predicted molar refractivity (Wildman–Crippen MR) is 187 cm³/mol. The Morgan fingerprint density at radius 1 is 0.583 bits per heavy atom. The molecule has 0 unspecified atom stereocenters. The molecule has 0 bridgehead atoms. The molecule has 6 heteroatoms. The van der Waals surface area contributed by atoms with E-state index in [2.05, 4.69) is 111 Å². The van der Waals surface area contributed by atoms with Crippen LogP contribution in [0.25, 0.3) is 39.3 Å². The molecule has 5 nitrogen and oxygen atoms in total. The highest BCUT2D eigenvalue weighted by Crippen LogP contribution is 2.43. The standard InChI is InChI=1S/C42H28FN5/c43-37-23-20-32(21-24-37)41-38(33-22-25-40-45-27-39(47(40)28-33)31-18-16-30(26-44)17-19-31)29-48(46-41)42(34-10-4-1-5-11-34,35-12-6-2-7-13-35)36-14-8-3-9-15-36/h1-25,27-29H. The zero-order chi connectivity index (χ0) is 32.5. The molecule has 228 valence electrons. The van der Waals surface area contributed by atoms with Gasteiger partial charge in [0.1, 0.15) is 22.7 Å². The van der Waals surface area contributed by atoms with Crippen molar-refractivity contribution >= 4 is 5.65 Å². The van der Waals surface area contributed by atoms with Crippen LogP contribution in [0.15, 0.2) is 170 Å². The minimum Gasteiger partial charge on any atom is -0.299 e. The Balaban J connectivity index is 1.41. The molecule has 0 saturated carbocycles. The fraction of sp³-hybridized carbons (Fsp3) is 0.0238. The summed E-state index contributed by atoms with van der Waals surface area (Å²) < 4.78 is 18.3. The Hall–Kier alpha value is -6.58. The van der Waals surface area contributed by atoms with E-state index in [0.717, 1.165) is 56.0 Å². The van der Waals surface area contributed by atoms with Crippen molar-refractivity contribution in [2.75, 3.05) is 0 Å². The molecule has 0 aliphatic heterocycles. The monoisotopic (exact) mass is 621 g/mol. The van der Waals surface area contributed by atoms with Gasteiger partial charge in [-0.1, -0.05) is 103 Å². The maximum absolute atomic E-state index is 14.2. The maximum Gasteiger partial charge on any atom is 0.138 e. The van der Waals surface area contributed by atoms with Crippen LogP contribution >= 0.6 is 0 Å². The van der Waals surface area contributed by atoms with E-state index in [-0.39, 0.29) is 5.82 Å². The fourth-order valence-corrected chi connectivity index (χ4v) is 6.58. The van der Waals surface area contributed by atoms with Crippen molar-refractivity contribution in [3.8, 4) is 39.7 Å². The summed E-state index contributed by atoms with van der Waals surface area (Å²) in [5.74, 6) is -0.307. The number of fused-ring (bicyclic) bond motifs is 1. The minimum atomic E-state index is -0.830. The Kier molecular flexibility index (Phi) is 7.20. The molecule has 0 fully saturated rings. The number of benzene rings is 5. The lowest BCUT2D eigenvalue weighted by Crippen LogP contribution is -2.38. The minimum absolute atomic E-state index is 0.307. The SMILES string of the molecule is N#Cc1ccc(-c2cnc3ccc(-c4cn(C(c5ccccc5)(c5ccccc5)c5ccccc5)nc4-c4ccc(F)cc4)cn23)cc1. The first-order chi connectivity index (χ1) is 23.6. The van der Waals surface area contributed by atoms with Gasteiger partial charge in [-0.3, -0.25) is 9.08 Å². The maximum atomic E-state index is 14.2. The highest BCUT2D eigenvalue weighted by atomic mass is 19.1. The quantitative estimate of drug-likeness (QED) is 0.167. The molecular weight excluding hydrogens is 593 g/mol. The second-order valence-electron chi connectivity index (χ2n) is 11.6. The first kappa shape index (κ1) is 28.9. The molecule has 0 radical (unpaired) electrons. The van der Waals surface area contributed by atoms with E-state index in [1.54, 1.807) is 12.1 Å². The number of nitriles is 1. The van der Waals surface area contributed by atoms with Gasteiger partial charge in [-0.25, -0.2) is 9.37 Å². The van der Waals surface area contributed by atoms with Crippen molar-refractivity contribution in [1.29, 1.82) is 5.26 Å². The van der Waals surface area contributed by atoms with Crippen LogP contribution < -0.4 is 0 Å². The number of pyridine rings is 1. The zero-order valence-electron chi connectivity index (χ0n) is 25.8. The number of aromatic nitrogens is 4. The number of hydrogen-bond donors (Lipinski definition) is 0. The van der Waals surface area contributed by atoms with Crippen LogP contribution in [0.3, 0.4) is 0 Å². The zero-order valence-corrected chi connectivity index (χ0v) is 25.8. The highest BCUT2D eigenvalue weighted by Gasteiger charge is 2.40. The van der Waals surface area contributed by atoms with Gasteiger partial charge in [-0.15, -0.1) is 0 Å². The Bertz CT molecular complexity index is 2290. The third-order valence-corrected chi connectivity index (χ3v) is 8.88. The van der Waals surface area contributed by atoms with E-state index in [0.29, 0.717) is 5.56 Å². The van der Waals surface area contributed by atoms with Gasteiger partial charge in [-0.2, -0.15) is 10.4 Å². The molecule has 0 aliphatic carbocycles. The van der Waals surface area contributed by atoms with Gasteiger partial charge in [0, 0.05) is 34.6 Å². The summed E-state index contributed by atoms with van der Waals surface area (Å²) in [7, 11) is 0.